The number of piperidine rings is 2. The molecular formula is C28H33N5O4. The minimum absolute atomic E-state index is 0.156. The maximum Gasteiger partial charge on any atom is 0.409 e. The Morgan fingerprint density at radius 2 is 1.92 bits per heavy atom. The van der Waals surface area contributed by atoms with Gasteiger partial charge in [0.2, 0.25) is 5.91 Å². The number of nitrogens with zero attached hydrogens (tertiary/aromatic N) is 2. The summed E-state index contributed by atoms with van der Waals surface area (Å²) in [4.78, 5) is 44.5. The van der Waals surface area contributed by atoms with Crippen LogP contribution in [0, 0.1) is 5.41 Å². The number of hydrogen-bond donors (Lipinski definition) is 3. The van der Waals surface area contributed by atoms with Crippen molar-refractivity contribution in [2.24, 2.45) is 11.1 Å². The first-order chi connectivity index (χ1) is 17.9. The molecule has 3 fully saturated rings. The summed E-state index contributed by atoms with van der Waals surface area (Å²) in [5.41, 5.74) is 9.84. The van der Waals surface area contributed by atoms with E-state index in [0.29, 0.717) is 31.1 Å². The summed E-state index contributed by atoms with van der Waals surface area (Å²) in [6.45, 7) is 3.61. The number of anilines is 1. The number of hydrogen-bond acceptors (Lipinski definition) is 5. The number of likely N-dealkylation sites (tertiary alicyclic amines) is 1. The highest BCUT2D eigenvalue weighted by Crippen LogP contribution is 2.43. The minimum Gasteiger partial charge on any atom is -0.453 e. The van der Waals surface area contributed by atoms with Gasteiger partial charge in [0, 0.05) is 54.7 Å². The van der Waals surface area contributed by atoms with Crippen LogP contribution in [-0.4, -0.2) is 67.6 Å². The fourth-order valence-corrected chi connectivity index (χ4v) is 6.70. The molecule has 0 bridgehead atoms. The Morgan fingerprint density at radius 1 is 1.11 bits per heavy atom. The number of amides is 3. The van der Waals surface area contributed by atoms with Gasteiger partial charge in [0.15, 0.2) is 0 Å². The molecular weight excluding hydrogens is 470 g/mol. The molecule has 2 aromatic carbocycles. The fourth-order valence-electron chi connectivity index (χ4n) is 6.70. The van der Waals surface area contributed by atoms with E-state index >= 15 is 0 Å². The Hall–Kier alpha value is -3.75. The molecule has 3 amide bonds. The monoisotopic (exact) mass is 503 g/mol. The lowest BCUT2D eigenvalue weighted by atomic mass is 9.78. The molecule has 9 heteroatoms. The van der Waals surface area contributed by atoms with Crippen LogP contribution in [0.5, 0.6) is 0 Å². The molecule has 0 saturated carbocycles. The number of carbonyl (C=O) groups excluding carboxylic acids is 3. The van der Waals surface area contributed by atoms with Gasteiger partial charge in [0.05, 0.1) is 23.6 Å². The van der Waals surface area contributed by atoms with Crippen LogP contribution in [0.15, 0.2) is 30.3 Å². The topological polar surface area (TPSA) is 121 Å². The van der Waals surface area contributed by atoms with Crippen LogP contribution < -0.4 is 16.0 Å². The number of carbonyl (C=O) groups is 3. The average molecular weight is 504 g/mol. The quantitative estimate of drug-likeness (QED) is 0.505. The number of nitrogens with one attached hydrogen (secondary N) is 2. The van der Waals surface area contributed by atoms with Gasteiger partial charge in [-0.15, -0.1) is 0 Å². The summed E-state index contributed by atoms with van der Waals surface area (Å²) >= 11 is 0. The lowest BCUT2D eigenvalue weighted by Crippen LogP contribution is -2.47. The third-order valence-electron chi connectivity index (χ3n) is 8.71. The van der Waals surface area contributed by atoms with E-state index in [1.165, 1.54) is 12.7 Å². The first-order valence-electron chi connectivity index (χ1n) is 13.1. The number of rotatable bonds is 3. The molecule has 3 aliphatic rings. The zero-order valence-corrected chi connectivity index (χ0v) is 21.1. The second-order valence-corrected chi connectivity index (χ2v) is 10.7. The van der Waals surface area contributed by atoms with Crippen LogP contribution in [0.25, 0.3) is 21.8 Å². The number of benzene rings is 2. The lowest BCUT2D eigenvalue weighted by molar-refractivity contribution is -0.128. The van der Waals surface area contributed by atoms with Gasteiger partial charge < -0.3 is 30.6 Å². The van der Waals surface area contributed by atoms with Crippen LogP contribution in [0.3, 0.4) is 0 Å². The molecule has 3 aliphatic heterocycles. The summed E-state index contributed by atoms with van der Waals surface area (Å²) in [5.74, 6) is 0.0300. The lowest BCUT2D eigenvalue weighted by Gasteiger charge is -2.40. The SMILES string of the molecule is COC(=O)N1CCC(c2ccc3c(c2)[nH]c2c(C(N)=O)ccc(N4CCCC5(CCNC5=O)C4)c23)CC1. The largest absolute Gasteiger partial charge is 0.453 e. The normalized spacial score (nSPS) is 22.7. The first-order valence-corrected chi connectivity index (χ1v) is 13.1. The number of primary amides is 1. The molecule has 9 nitrogen and oxygen atoms in total. The predicted molar refractivity (Wildman–Crippen MR) is 142 cm³/mol. The minimum atomic E-state index is -0.469. The molecule has 1 atom stereocenters. The van der Waals surface area contributed by atoms with Crippen molar-refractivity contribution in [3.05, 3.63) is 41.5 Å². The van der Waals surface area contributed by atoms with Gasteiger partial charge in [-0.3, -0.25) is 9.59 Å². The third-order valence-corrected chi connectivity index (χ3v) is 8.71. The number of aromatic nitrogens is 1. The molecule has 4 heterocycles. The van der Waals surface area contributed by atoms with Crippen LogP contribution in [0.4, 0.5) is 10.5 Å². The van der Waals surface area contributed by atoms with Crippen molar-refractivity contribution >= 4 is 45.4 Å². The molecule has 4 N–H and O–H groups in total. The molecule has 3 saturated heterocycles. The van der Waals surface area contributed by atoms with Crippen molar-refractivity contribution in [1.29, 1.82) is 0 Å². The van der Waals surface area contributed by atoms with Crippen LogP contribution in [0.2, 0.25) is 0 Å². The Kier molecular flexibility index (Phi) is 5.73. The number of methoxy groups -OCH3 is 1. The smallest absolute Gasteiger partial charge is 0.409 e. The number of fused-ring (bicyclic) bond motifs is 3. The van der Waals surface area contributed by atoms with E-state index in [9.17, 15) is 14.4 Å². The molecule has 3 aromatic rings. The molecule has 0 aliphatic carbocycles. The Bertz CT molecular complexity index is 1410. The van der Waals surface area contributed by atoms with Crippen LogP contribution in [0.1, 0.15) is 53.9 Å². The molecule has 1 aromatic heterocycles. The van der Waals surface area contributed by atoms with Crippen molar-refractivity contribution in [3.63, 3.8) is 0 Å². The number of aromatic amines is 1. The van der Waals surface area contributed by atoms with E-state index in [1.54, 1.807) is 11.0 Å². The van der Waals surface area contributed by atoms with Crippen molar-refractivity contribution in [2.75, 3.05) is 44.7 Å². The van der Waals surface area contributed by atoms with E-state index in [-0.39, 0.29) is 17.4 Å². The van der Waals surface area contributed by atoms with Gasteiger partial charge in [-0.2, -0.15) is 0 Å². The highest BCUT2D eigenvalue weighted by molar-refractivity contribution is 6.19. The van der Waals surface area contributed by atoms with Crippen LogP contribution in [-0.2, 0) is 9.53 Å². The predicted octanol–water partition coefficient (Wildman–Crippen LogP) is 3.47. The number of ether oxygens (including phenoxy) is 1. The van der Waals surface area contributed by atoms with Crippen molar-refractivity contribution in [1.82, 2.24) is 15.2 Å². The maximum absolute atomic E-state index is 12.7. The van der Waals surface area contributed by atoms with E-state index in [1.807, 2.05) is 6.07 Å². The molecule has 0 radical (unpaired) electrons. The van der Waals surface area contributed by atoms with Gasteiger partial charge in [0.25, 0.3) is 5.91 Å². The van der Waals surface area contributed by atoms with Crippen molar-refractivity contribution in [3.8, 4) is 0 Å². The molecule has 6 rings (SSSR count). The van der Waals surface area contributed by atoms with Gasteiger partial charge in [-0.1, -0.05) is 12.1 Å². The molecule has 194 valence electrons. The molecule has 37 heavy (non-hydrogen) atoms. The van der Waals surface area contributed by atoms with E-state index in [2.05, 4.69) is 33.4 Å². The average Bonchev–Trinajstić information content (AvgIpc) is 3.47. The van der Waals surface area contributed by atoms with Gasteiger partial charge in [-0.25, -0.2) is 4.79 Å². The summed E-state index contributed by atoms with van der Waals surface area (Å²) < 4.78 is 4.87. The zero-order valence-electron chi connectivity index (χ0n) is 21.1. The van der Waals surface area contributed by atoms with Crippen molar-refractivity contribution < 1.29 is 19.1 Å². The Balaban J connectivity index is 1.39. The highest BCUT2D eigenvalue weighted by Gasteiger charge is 2.45. The first kappa shape index (κ1) is 23.6. The van der Waals surface area contributed by atoms with E-state index < -0.39 is 5.91 Å². The summed E-state index contributed by atoms with van der Waals surface area (Å²) in [7, 11) is 1.42. The molecule has 1 unspecified atom stereocenters. The second-order valence-electron chi connectivity index (χ2n) is 10.7. The van der Waals surface area contributed by atoms with Gasteiger partial charge in [-0.05, 0) is 61.8 Å². The van der Waals surface area contributed by atoms with E-state index in [0.717, 1.165) is 72.7 Å². The van der Waals surface area contributed by atoms with Crippen molar-refractivity contribution in [2.45, 2.75) is 38.0 Å². The Labute approximate surface area is 215 Å². The highest BCUT2D eigenvalue weighted by atomic mass is 16.5. The van der Waals surface area contributed by atoms with E-state index in [4.69, 9.17) is 10.5 Å². The molecule has 1 spiro atoms. The van der Waals surface area contributed by atoms with Gasteiger partial charge >= 0.3 is 6.09 Å². The Morgan fingerprint density at radius 3 is 2.62 bits per heavy atom. The summed E-state index contributed by atoms with van der Waals surface area (Å²) in [5, 5.41) is 5.05. The second kappa shape index (κ2) is 8.97. The van der Waals surface area contributed by atoms with Gasteiger partial charge in [0.1, 0.15) is 0 Å². The summed E-state index contributed by atoms with van der Waals surface area (Å²) in [6, 6.07) is 10.3. The fraction of sp³-hybridized carbons (Fsp3) is 0.464. The standard InChI is InChI=1S/C28H33N5O4/c1-37-27(36)32-13-7-17(8-14-32)18-3-4-19-21(15-18)31-24-20(25(29)34)5-6-22(23(19)24)33-12-2-9-28(16-33)10-11-30-26(28)35/h3-6,15,17,31H,2,7-14,16H2,1H3,(H2,29,34)(H,30,35). The third kappa shape index (κ3) is 3.88. The zero-order chi connectivity index (χ0) is 25.7. The number of H-pyrrole nitrogens is 1. The maximum atomic E-state index is 12.7. The number of nitrogens with two attached hydrogens (primary N) is 1. The summed E-state index contributed by atoms with van der Waals surface area (Å²) in [6.07, 6.45) is 4.18. The van der Waals surface area contributed by atoms with Crippen LogP contribution >= 0.6 is 0 Å².